The molecule has 4 rings (SSSR count). The van der Waals surface area contributed by atoms with Crippen molar-refractivity contribution < 1.29 is 0 Å². The van der Waals surface area contributed by atoms with Crippen LogP contribution >= 0.6 is 12.2 Å². The van der Waals surface area contributed by atoms with Crippen LogP contribution in [0.4, 0.5) is 0 Å². The van der Waals surface area contributed by atoms with Gasteiger partial charge in [-0.05, 0) is 74.4 Å². The van der Waals surface area contributed by atoms with Gasteiger partial charge in [-0.25, -0.2) is 0 Å². The van der Waals surface area contributed by atoms with E-state index < -0.39 is 0 Å². The molecule has 1 N–H and O–H groups in total. The second-order valence-electron chi connectivity index (χ2n) is 7.18. The largest absolute Gasteiger partial charge is 0.352 e. The molecule has 1 saturated heterocycles. The number of aromatic nitrogens is 3. The van der Waals surface area contributed by atoms with Crippen molar-refractivity contribution >= 4 is 17.3 Å². The van der Waals surface area contributed by atoms with Crippen LogP contribution in [0.2, 0.25) is 0 Å². The molecule has 0 amide bonds. The quantitative estimate of drug-likeness (QED) is 0.664. The summed E-state index contributed by atoms with van der Waals surface area (Å²) in [4.78, 5) is 11.0. The maximum absolute atomic E-state index is 5.77. The third-order valence-electron chi connectivity index (χ3n) is 5.55. The van der Waals surface area contributed by atoms with Crippen LogP contribution in [0, 0.1) is 13.8 Å². The van der Waals surface area contributed by atoms with Crippen LogP contribution < -0.4 is 5.32 Å². The summed E-state index contributed by atoms with van der Waals surface area (Å²) in [5.41, 5.74) is 6.06. The monoisotopic (exact) mass is 391 g/mol. The van der Waals surface area contributed by atoms with E-state index in [4.69, 9.17) is 12.2 Å². The fraction of sp³-hybridized carbons (Fsp3) is 0.318. The summed E-state index contributed by atoms with van der Waals surface area (Å²) in [6, 6.07) is 12.5. The van der Waals surface area contributed by atoms with Gasteiger partial charge < -0.3 is 14.8 Å². The first-order chi connectivity index (χ1) is 13.6. The molecule has 5 nitrogen and oxygen atoms in total. The van der Waals surface area contributed by atoms with E-state index >= 15 is 0 Å². The van der Waals surface area contributed by atoms with Crippen LogP contribution in [0.25, 0.3) is 0 Å². The van der Waals surface area contributed by atoms with E-state index in [1.807, 2.05) is 42.9 Å². The molecule has 4 heterocycles. The standard InChI is InChI=1S/C22H25N5S/c1-4-26-15(2)13-18(16(26)3)21-20(19-7-5-6-10-24-19)25-22(28)27(21)14-17-8-11-23-12-9-17/h5-13,20-21H,4,14H2,1-3H3,(H,25,28)/t20-,21+/m0/s1. The minimum atomic E-state index is 0.0151. The molecule has 1 fully saturated rings. The first-order valence-corrected chi connectivity index (χ1v) is 10.0. The predicted octanol–water partition coefficient (Wildman–Crippen LogP) is 4.09. The number of pyridine rings is 2. The van der Waals surface area contributed by atoms with Crippen molar-refractivity contribution in [1.82, 2.24) is 24.8 Å². The van der Waals surface area contributed by atoms with Gasteiger partial charge >= 0.3 is 0 Å². The fourth-order valence-corrected chi connectivity index (χ4v) is 4.52. The molecule has 0 aromatic carbocycles. The molecule has 144 valence electrons. The van der Waals surface area contributed by atoms with E-state index in [0.29, 0.717) is 0 Å². The Morgan fingerprint density at radius 3 is 2.54 bits per heavy atom. The molecular weight excluding hydrogens is 366 g/mol. The summed E-state index contributed by atoms with van der Waals surface area (Å²) in [7, 11) is 0. The molecule has 3 aromatic heterocycles. The summed E-state index contributed by atoms with van der Waals surface area (Å²) in [6.07, 6.45) is 5.50. The van der Waals surface area contributed by atoms with Crippen molar-refractivity contribution in [2.24, 2.45) is 0 Å². The molecule has 1 aliphatic heterocycles. The van der Waals surface area contributed by atoms with Gasteiger partial charge in [-0.1, -0.05) is 6.07 Å². The van der Waals surface area contributed by atoms with Crippen molar-refractivity contribution in [3.63, 3.8) is 0 Å². The normalized spacial score (nSPS) is 19.1. The van der Waals surface area contributed by atoms with E-state index in [-0.39, 0.29) is 12.1 Å². The summed E-state index contributed by atoms with van der Waals surface area (Å²) >= 11 is 5.77. The number of rotatable bonds is 5. The molecule has 6 heteroatoms. The highest BCUT2D eigenvalue weighted by Crippen LogP contribution is 2.41. The van der Waals surface area contributed by atoms with Gasteiger partial charge in [0.1, 0.15) is 0 Å². The van der Waals surface area contributed by atoms with Crippen molar-refractivity contribution in [3.8, 4) is 0 Å². The SMILES string of the molecule is CCn1c(C)cc([C@@H]2[C@H](c3ccccn3)NC(=S)N2Cc2ccncc2)c1C. The highest BCUT2D eigenvalue weighted by atomic mass is 32.1. The predicted molar refractivity (Wildman–Crippen MR) is 115 cm³/mol. The van der Waals surface area contributed by atoms with Gasteiger partial charge in [0, 0.05) is 43.1 Å². The lowest BCUT2D eigenvalue weighted by molar-refractivity contribution is 0.309. The van der Waals surface area contributed by atoms with Gasteiger partial charge in [0.05, 0.1) is 17.8 Å². The molecule has 0 saturated carbocycles. The lowest BCUT2D eigenvalue weighted by Crippen LogP contribution is -2.29. The third kappa shape index (κ3) is 3.29. The number of nitrogens with one attached hydrogen (secondary N) is 1. The van der Waals surface area contributed by atoms with E-state index in [9.17, 15) is 0 Å². The molecule has 1 aliphatic rings. The second kappa shape index (κ2) is 7.72. The minimum absolute atomic E-state index is 0.0151. The van der Waals surface area contributed by atoms with Crippen LogP contribution in [0.5, 0.6) is 0 Å². The third-order valence-corrected chi connectivity index (χ3v) is 5.90. The molecular formula is C22H25N5S. The average molecular weight is 392 g/mol. The summed E-state index contributed by atoms with van der Waals surface area (Å²) in [5.74, 6) is 0. The Kier molecular flexibility index (Phi) is 5.13. The van der Waals surface area contributed by atoms with Crippen molar-refractivity contribution in [2.45, 2.75) is 45.9 Å². The zero-order valence-electron chi connectivity index (χ0n) is 16.5. The van der Waals surface area contributed by atoms with Crippen LogP contribution in [-0.2, 0) is 13.1 Å². The van der Waals surface area contributed by atoms with Crippen LogP contribution in [0.3, 0.4) is 0 Å². The highest BCUT2D eigenvalue weighted by molar-refractivity contribution is 7.80. The van der Waals surface area contributed by atoms with Crippen molar-refractivity contribution in [2.75, 3.05) is 0 Å². The maximum Gasteiger partial charge on any atom is 0.170 e. The smallest absolute Gasteiger partial charge is 0.170 e. The molecule has 28 heavy (non-hydrogen) atoms. The summed E-state index contributed by atoms with van der Waals surface area (Å²) < 4.78 is 2.36. The molecule has 0 radical (unpaired) electrons. The molecule has 2 atom stereocenters. The Labute approximate surface area is 171 Å². The second-order valence-corrected chi connectivity index (χ2v) is 7.57. The fourth-order valence-electron chi connectivity index (χ4n) is 4.21. The first kappa shape index (κ1) is 18.6. The van der Waals surface area contributed by atoms with Crippen LogP contribution in [0.15, 0.2) is 55.0 Å². The van der Waals surface area contributed by atoms with Crippen molar-refractivity contribution in [1.29, 1.82) is 0 Å². The highest BCUT2D eigenvalue weighted by Gasteiger charge is 2.41. The molecule has 0 spiro atoms. The lowest BCUT2D eigenvalue weighted by atomic mass is 9.96. The number of nitrogens with zero attached hydrogens (tertiary/aromatic N) is 4. The maximum atomic E-state index is 5.77. The Balaban J connectivity index is 1.80. The lowest BCUT2D eigenvalue weighted by Gasteiger charge is -2.28. The topological polar surface area (TPSA) is 46.0 Å². The molecule has 0 bridgehead atoms. The van der Waals surface area contributed by atoms with Crippen LogP contribution in [0.1, 0.15) is 47.2 Å². The van der Waals surface area contributed by atoms with E-state index in [0.717, 1.165) is 23.9 Å². The van der Waals surface area contributed by atoms with Gasteiger partial charge in [0.15, 0.2) is 5.11 Å². The number of aryl methyl sites for hydroxylation is 1. The zero-order chi connectivity index (χ0) is 19.7. The van der Waals surface area contributed by atoms with E-state index in [1.54, 1.807) is 0 Å². The molecule has 3 aromatic rings. The van der Waals surface area contributed by atoms with Crippen molar-refractivity contribution in [3.05, 3.63) is 83.2 Å². The van der Waals surface area contributed by atoms with Gasteiger partial charge in [-0.3, -0.25) is 9.97 Å². The zero-order valence-corrected chi connectivity index (χ0v) is 17.3. The van der Waals surface area contributed by atoms with Gasteiger partial charge in [-0.15, -0.1) is 0 Å². The first-order valence-electron chi connectivity index (χ1n) is 9.63. The molecule has 0 unspecified atom stereocenters. The Morgan fingerprint density at radius 1 is 1.11 bits per heavy atom. The van der Waals surface area contributed by atoms with E-state index in [1.165, 1.54) is 22.5 Å². The average Bonchev–Trinajstić information content (AvgIpc) is 3.19. The summed E-state index contributed by atoms with van der Waals surface area (Å²) in [6.45, 7) is 8.25. The number of hydrogen-bond donors (Lipinski definition) is 1. The number of thiocarbonyl (C=S) groups is 1. The summed E-state index contributed by atoms with van der Waals surface area (Å²) in [5, 5.41) is 4.30. The minimum Gasteiger partial charge on any atom is -0.352 e. The van der Waals surface area contributed by atoms with Crippen LogP contribution in [-0.4, -0.2) is 24.5 Å². The van der Waals surface area contributed by atoms with E-state index in [2.05, 4.69) is 57.7 Å². The Morgan fingerprint density at radius 2 is 1.89 bits per heavy atom. The molecule has 0 aliphatic carbocycles. The Hall–Kier alpha value is -2.73. The van der Waals surface area contributed by atoms with Gasteiger partial charge in [0.2, 0.25) is 0 Å². The number of hydrogen-bond acceptors (Lipinski definition) is 3. The Bertz CT molecular complexity index is 967. The van der Waals surface area contributed by atoms with Gasteiger partial charge in [-0.2, -0.15) is 0 Å². The van der Waals surface area contributed by atoms with Gasteiger partial charge in [0.25, 0.3) is 0 Å².